The Morgan fingerprint density at radius 1 is 1.45 bits per heavy atom. The lowest BCUT2D eigenvalue weighted by Gasteiger charge is -2.32. The van der Waals surface area contributed by atoms with Crippen molar-refractivity contribution in [2.24, 2.45) is 0 Å². The van der Waals surface area contributed by atoms with E-state index in [0.29, 0.717) is 0 Å². The maximum absolute atomic E-state index is 12.4. The molecule has 2 aromatic rings. The fraction of sp³-hybridized carbons (Fsp3) is 0.438. The number of aliphatic hydroxyl groups is 1. The fourth-order valence-corrected chi connectivity index (χ4v) is 3.59. The van der Waals surface area contributed by atoms with Crippen LogP contribution in [0.4, 0.5) is 0 Å². The Kier molecular flexibility index (Phi) is 4.49. The maximum atomic E-state index is 12.4. The molecule has 6 heteroatoms. The highest BCUT2D eigenvalue weighted by Gasteiger charge is 2.27. The van der Waals surface area contributed by atoms with Crippen molar-refractivity contribution in [3.8, 4) is 0 Å². The number of rotatable bonds is 3. The van der Waals surface area contributed by atoms with E-state index in [-0.39, 0.29) is 18.4 Å². The molecule has 0 radical (unpaired) electrons. The highest BCUT2D eigenvalue weighted by Crippen LogP contribution is 2.30. The first-order valence-electron chi connectivity index (χ1n) is 7.45. The molecule has 1 N–H and O–H groups in total. The van der Waals surface area contributed by atoms with E-state index in [1.54, 1.807) is 6.20 Å². The molecule has 1 fully saturated rings. The molecule has 2 aromatic heterocycles. The van der Waals surface area contributed by atoms with E-state index in [4.69, 9.17) is 0 Å². The average molecular weight is 317 g/mol. The zero-order valence-electron chi connectivity index (χ0n) is 12.5. The molecule has 0 saturated carbocycles. The second-order valence-electron chi connectivity index (χ2n) is 5.53. The zero-order chi connectivity index (χ0) is 15.5. The summed E-state index contributed by atoms with van der Waals surface area (Å²) in [7, 11) is 0. The molecule has 22 heavy (non-hydrogen) atoms. The summed E-state index contributed by atoms with van der Waals surface area (Å²) in [6.07, 6.45) is 3.46. The van der Waals surface area contributed by atoms with Gasteiger partial charge in [-0.2, -0.15) is 0 Å². The van der Waals surface area contributed by atoms with Gasteiger partial charge in [0.15, 0.2) is 0 Å². The van der Waals surface area contributed by atoms with E-state index in [1.807, 2.05) is 29.3 Å². The number of aliphatic hydroxyl groups excluding tert-OH is 1. The largest absolute Gasteiger partial charge is 0.392 e. The van der Waals surface area contributed by atoms with Gasteiger partial charge in [-0.05, 0) is 31.2 Å². The molecule has 1 aliphatic heterocycles. The van der Waals surface area contributed by atoms with Crippen molar-refractivity contribution in [3.63, 3.8) is 0 Å². The Morgan fingerprint density at radius 2 is 2.23 bits per heavy atom. The number of likely N-dealkylation sites (tertiary alicyclic amines) is 1. The van der Waals surface area contributed by atoms with Gasteiger partial charge in [-0.3, -0.25) is 4.79 Å². The molecule has 3 heterocycles. The minimum absolute atomic E-state index is 0.0377. The summed E-state index contributed by atoms with van der Waals surface area (Å²) in [6, 6.07) is 3.78. The van der Waals surface area contributed by atoms with Crippen LogP contribution < -0.4 is 0 Å². The molecule has 0 bridgehead atoms. The Labute approximate surface area is 133 Å². The van der Waals surface area contributed by atoms with Gasteiger partial charge >= 0.3 is 0 Å². The van der Waals surface area contributed by atoms with Crippen LogP contribution in [0.1, 0.15) is 45.5 Å². The van der Waals surface area contributed by atoms with Crippen molar-refractivity contribution < 1.29 is 9.90 Å². The SMILES string of the molecule is Cc1ncc(CO)c(C2CCN(C(=O)c3cccs3)CC2)n1. The summed E-state index contributed by atoms with van der Waals surface area (Å²) < 4.78 is 0. The lowest BCUT2D eigenvalue weighted by atomic mass is 9.91. The van der Waals surface area contributed by atoms with E-state index < -0.39 is 0 Å². The third-order valence-electron chi connectivity index (χ3n) is 4.09. The molecule has 0 aromatic carbocycles. The van der Waals surface area contributed by atoms with Crippen molar-refractivity contribution in [2.75, 3.05) is 13.1 Å². The molecule has 3 rings (SSSR count). The number of aryl methyl sites for hydroxylation is 1. The van der Waals surface area contributed by atoms with Crippen LogP contribution in [-0.4, -0.2) is 39.0 Å². The number of piperidine rings is 1. The first-order chi connectivity index (χ1) is 10.7. The summed E-state index contributed by atoms with van der Waals surface area (Å²) >= 11 is 1.49. The van der Waals surface area contributed by atoms with Crippen molar-refractivity contribution in [3.05, 3.63) is 45.7 Å². The average Bonchev–Trinajstić information content (AvgIpc) is 3.09. The molecule has 5 nitrogen and oxygen atoms in total. The highest BCUT2D eigenvalue weighted by atomic mass is 32.1. The number of hydrogen-bond acceptors (Lipinski definition) is 5. The summed E-state index contributed by atoms with van der Waals surface area (Å²) in [4.78, 5) is 23.7. The quantitative estimate of drug-likeness (QED) is 0.944. The van der Waals surface area contributed by atoms with Gasteiger partial charge in [-0.15, -0.1) is 11.3 Å². The fourth-order valence-electron chi connectivity index (χ4n) is 2.90. The molecule has 0 spiro atoms. The zero-order valence-corrected chi connectivity index (χ0v) is 13.3. The Bertz CT molecular complexity index is 649. The number of thiophene rings is 1. The van der Waals surface area contributed by atoms with Crippen molar-refractivity contribution in [1.29, 1.82) is 0 Å². The van der Waals surface area contributed by atoms with Crippen molar-refractivity contribution in [2.45, 2.75) is 32.3 Å². The van der Waals surface area contributed by atoms with Gasteiger partial charge in [0, 0.05) is 30.8 Å². The van der Waals surface area contributed by atoms with Crippen LogP contribution >= 0.6 is 11.3 Å². The third-order valence-corrected chi connectivity index (χ3v) is 4.95. The topological polar surface area (TPSA) is 66.3 Å². The number of carbonyl (C=O) groups excluding carboxylic acids is 1. The van der Waals surface area contributed by atoms with Crippen LogP contribution in [0, 0.1) is 6.92 Å². The predicted molar refractivity (Wildman–Crippen MR) is 84.9 cm³/mol. The predicted octanol–water partition coefficient (Wildman–Crippen LogP) is 2.36. The molecule has 1 aliphatic rings. The van der Waals surface area contributed by atoms with Gasteiger partial charge in [0.2, 0.25) is 0 Å². The maximum Gasteiger partial charge on any atom is 0.263 e. The Morgan fingerprint density at radius 3 is 2.86 bits per heavy atom. The Balaban J connectivity index is 1.69. The van der Waals surface area contributed by atoms with Crippen LogP contribution in [0.25, 0.3) is 0 Å². The third kappa shape index (κ3) is 3.03. The lowest BCUT2D eigenvalue weighted by molar-refractivity contribution is 0.0716. The minimum atomic E-state index is -0.0377. The number of hydrogen-bond donors (Lipinski definition) is 1. The molecular weight excluding hydrogens is 298 g/mol. The molecule has 116 valence electrons. The number of nitrogens with zero attached hydrogens (tertiary/aromatic N) is 3. The van der Waals surface area contributed by atoms with Crippen LogP contribution in [-0.2, 0) is 6.61 Å². The summed E-state index contributed by atoms with van der Waals surface area (Å²) in [6.45, 7) is 3.29. The van der Waals surface area contributed by atoms with Gasteiger partial charge in [-0.1, -0.05) is 6.07 Å². The van der Waals surface area contributed by atoms with Crippen LogP contribution in [0.3, 0.4) is 0 Å². The summed E-state index contributed by atoms with van der Waals surface area (Å²) in [5.74, 6) is 1.13. The molecule has 1 amide bonds. The molecule has 0 unspecified atom stereocenters. The van der Waals surface area contributed by atoms with Gasteiger partial charge in [0.1, 0.15) is 5.82 Å². The minimum Gasteiger partial charge on any atom is -0.392 e. The summed E-state index contributed by atoms with van der Waals surface area (Å²) in [5.41, 5.74) is 1.74. The van der Waals surface area contributed by atoms with E-state index in [9.17, 15) is 9.90 Å². The number of carbonyl (C=O) groups is 1. The van der Waals surface area contributed by atoms with Gasteiger partial charge < -0.3 is 10.0 Å². The van der Waals surface area contributed by atoms with E-state index in [2.05, 4.69) is 9.97 Å². The second kappa shape index (κ2) is 6.54. The number of aromatic nitrogens is 2. The van der Waals surface area contributed by atoms with Crippen molar-refractivity contribution in [1.82, 2.24) is 14.9 Å². The van der Waals surface area contributed by atoms with Gasteiger partial charge in [0.25, 0.3) is 5.91 Å². The molecule has 0 atom stereocenters. The van der Waals surface area contributed by atoms with E-state index >= 15 is 0 Å². The molecular formula is C16H19N3O2S. The standard InChI is InChI=1S/C16H19N3O2S/c1-11-17-9-13(10-20)15(18-11)12-4-6-19(7-5-12)16(21)14-3-2-8-22-14/h2-3,8-9,12,20H,4-7,10H2,1H3. The first-order valence-corrected chi connectivity index (χ1v) is 8.33. The highest BCUT2D eigenvalue weighted by molar-refractivity contribution is 7.12. The van der Waals surface area contributed by atoms with Crippen LogP contribution in [0.5, 0.6) is 0 Å². The Hall–Kier alpha value is -1.79. The normalized spacial score (nSPS) is 16.0. The van der Waals surface area contributed by atoms with Crippen molar-refractivity contribution >= 4 is 17.2 Å². The van der Waals surface area contributed by atoms with E-state index in [1.165, 1.54) is 11.3 Å². The van der Waals surface area contributed by atoms with E-state index in [0.717, 1.165) is 47.9 Å². The summed E-state index contributed by atoms with van der Waals surface area (Å²) in [5, 5.41) is 11.4. The lowest BCUT2D eigenvalue weighted by Crippen LogP contribution is -2.38. The second-order valence-corrected chi connectivity index (χ2v) is 6.48. The molecule has 1 saturated heterocycles. The molecule has 0 aliphatic carbocycles. The number of amides is 1. The van der Waals surface area contributed by atoms with Crippen LogP contribution in [0.2, 0.25) is 0 Å². The van der Waals surface area contributed by atoms with Crippen LogP contribution in [0.15, 0.2) is 23.7 Å². The van der Waals surface area contributed by atoms with Gasteiger partial charge in [0.05, 0.1) is 17.2 Å². The smallest absolute Gasteiger partial charge is 0.263 e. The first kappa shape index (κ1) is 15.1. The monoisotopic (exact) mass is 317 g/mol. The van der Waals surface area contributed by atoms with Gasteiger partial charge in [-0.25, -0.2) is 9.97 Å².